The molecule has 4 heterocycles. The highest BCUT2D eigenvalue weighted by molar-refractivity contribution is 6.07. The molecule has 0 radical (unpaired) electrons. The number of pyridine rings is 1. The molecule has 3 aromatic rings. The van der Waals surface area contributed by atoms with Crippen molar-refractivity contribution in [2.75, 3.05) is 23.3 Å². The van der Waals surface area contributed by atoms with Crippen LogP contribution in [0.3, 0.4) is 0 Å². The normalized spacial score (nSPS) is 21.5. The Balaban J connectivity index is 1.49. The van der Waals surface area contributed by atoms with Gasteiger partial charge in [-0.1, -0.05) is 0 Å². The van der Waals surface area contributed by atoms with Crippen LogP contribution in [0, 0.1) is 12.7 Å². The van der Waals surface area contributed by atoms with Crippen molar-refractivity contribution in [1.29, 1.82) is 0 Å². The van der Waals surface area contributed by atoms with Crippen LogP contribution in [0.4, 0.5) is 15.8 Å². The maximum Gasteiger partial charge on any atom is 0.259 e. The zero-order chi connectivity index (χ0) is 23.5. The molecule has 1 aromatic carbocycles. The summed E-state index contributed by atoms with van der Waals surface area (Å²) in [6, 6.07) is 5.53. The van der Waals surface area contributed by atoms with E-state index in [2.05, 4.69) is 34.4 Å². The van der Waals surface area contributed by atoms with Gasteiger partial charge in [-0.25, -0.2) is 9.37 Å². The molecule has 2 N–H and O–H groups in total. The predicted octanol–water partition coefficient (Wildman–Crippen LogP) is 3.73. The summed E-state index contributed by atoms with van der Waals surface area (Å²) in [5.74, 6) is -0.867. The Morgan fingerprint density at radius 1 is 1.18 bits per heavy atom. The van der Waals surface area contributed by atoms with Gasteiger partial charge in [0.15, 0.2) is 23.0 Å². The van der Waals surface area contributed by atoms with Crippen molar-refractivity contribution < 1.29 is 18.7 Å². The van der Waals surface area contributed by atoms with E-state index in [1.807, 2.05) is 19.9 Å². The highest BCUT2D eigenvalue weighted by Crippen LogP contribution is 2.48. The summed E-state index contributed by atoms with van der Waals surface area (Å²) in [6.45, 7) is 11.3. The second-order valence-corrected chi connectivity index (χ2v) is 9.41. The number of carbonyl (C=O) groups is 1. The number of hydrogen-bond acceptors (Lipinski definition) is 6. The molecule has 0 spiro atoms. The van der Waals surface area contributed by atoms with Gasteiger partial charge in [-0.3, -0.25) is 4.79 Å². The Labute approximate surface area is 191 Å². The van der Waals surface area contributed by atoms with Crippen molar-refractivity contribution >= 4 is 22.9 Å². The van der Waals surface area contributed by atoms with Crippen LogP contribution in [0.25, 0.3) is 5.65 Å². The van der Waals surface area contributed by atoms with E-state index in [1.54, 1.807) is 29.8 Å². The van der Waals surface area contributed by atoms with E-state index in [0.717, 1.165) is 18.8 Å². The van der Waals surface area contributed by atoms with Crippen molar-refractivity contribution in [3.8, 4) is 11.5 Å². The Morgan fingerprint density at radius 3 is 2.61 bits per heavy atom. The molecule has 1 fully saturated rings. The van der Waals surface area contributed by atoms with Crippen LogP contribution in [0.2, 0.25) is 0 Å². The van der Waals surface area contributed by atoms with Gasteiger partial charge >= 0.3 is 0 Å². The molecule has 9 heteroatoms. The van der Waals surface area contributed by atoms with Crippen LogP contribution >= 0.6 is 0 Å². The third kappa shape index (κ3) is 3.97. The number of piperazine rings is 1. The molecule has 0 aliphatic carbocycles. The first-order valence-corrected chi connectivity index (χ1v) is 11.1. The molecular formula is C24H28FN5O3. The number of amides is 1. The van der Waals surface area contributed by atoms with Crippen molar-refractivity contribution in [1.82, 2.24) is 14.7 Å². The Hall–Kier alpha value is -3.33. The minimum Gasteiger partial charge on any atom is -0.448 e. The fourth-order valence-corrected chi connectivity index (χ4v) is 4.66. The number of aromatic nitrogens is 2. The van der Waals surface area contributed by atoms with E-state index in [-0.39, 0.29) is 5.65 Å². The third-order valence-electron chi connectivity index (χ3n) is 5.81. The van der Waals surface area contributed by atoms with Crippen LogP contribution in [-0.4, -0.2) is 46.3 Å². The summed E-state index contributed by atoms with van der Waals surface area (Å²) in [7, 11) is 0. The molecule has 174 valence electrons. The number of nitrogens with one attached hydrogen (secondary N) is 2. The second kappa shape index (κ2) is 7.62. The van der Waals surface area contributed by atoms with E-state index >= 15 is 0 Å². The summed E-state index contributed by atoms with van der Waals surface area (Å²) in [6.07, 6.45) is 3.34. The summed E-state index contributed by atoms with van der Waals surface area (Å²) in [4.78, 5) is 19.6. The first-order chi connectivity index (χ1) is 15.6. The van der Waals surface area contributed by atoms with Crippen LogP contribution in [0.1, 0.15) is 43.7 Å². The summed E-state index contributed by atoms with van der Waals surface area (Å²) in [5.41, 5.74) is 2.46. The molecule has 0 unspecified atom stereocenters. The number of aryl methyl sites for hydroxylation is 1. The molecule has 0 bridgehead atoms. The lowest BCUT2D eigenvalue weighted by atomic mass is 10.1. The van der Waals surface area contributed by atoms with Gasteiger partial charge in [0.2, 0.25) is 5.79 Å². The van der Waals surface area contributed by atoms with Crippen LogP contribution < -0.4 is 25.0 Å². The number of carbonyl (C=O) groups excluding carboxylic acids is 1. The zero-order valence-corrected chi connectivity index (χ0v) is 19.4. The summed E-state index contributed by atoms with van der Waals surface area (Å²) < 4.78 is 28.2. The zero-order valence-electron chi connectivity index (χ0n) is 19.4. The molecule has 2 aliphatic heterocycles. The minimum absolute atomic E-state index is 0.216. The van der Waals surface area contributed by atoms with Gasteiger partial charge in [-0.15, -0.1) is 0 Å². The van der Waals surface area contributed by atoms with Gasteiger partial charge in [-0.05, 0) is 32.9 Å². The summed E-state index contributed by atoms with van der Waals surface area (Å²) in [5, 5.41) is 6.31. The Kier molecular flexibility index (Phi) is 4.97. The molecule has 8 nitrogen and oxygen atoms in total. The highest BCUT2D eigenvalue weighted by atomic mass is 19.1. The summed E-state index contributed by atoms with van der Waals surface area (Å²) >= 11 is 0. The van der Waals surface area contributed by atoms with Crippen LogP contribution in [-0.2, 0) is 0 Å². The molecule has 0 saturated carbocycles. The SMILES string of the molecule is Cc1cn2cc(NC(=O)c3ccc(N4C[C@@H](C)N[C@@H](C)C4)c4c3OC(C)(C)O4)cc(F)c2n1. The average Bonchev–Trinajstić information content (AvgIpc) is 3.24. The second-order valence-electron chi connectivity index (χ2n) is 9.41. The van der Waals surface area contributed by atoms with Crippen molar-refractivity contribution in [3.63, 3.8) is 0 Å². The third-order valence-corrected chi connectivity index (χ3v) is 5.81. The van der Waals surface area contributed by atoms with Gasteiger partial charge in [-0.2, -0.15) is 0 Å². The molecule has 2 atom stereocenters. The van der Waals surface area contributed by atoms with Gasteiger partial charge in [0.25, 0.3) is 5.91 Å². The molecular weight excluding hydrogens is 425 g/mol. The molecule has 1 amide bonds. The number of imidazole rings is 1. The number of benzene rings is 1. The van der Waals surface area contributed by atoms with E-state index in [4.69, 9.17) is 9.47 Å². The van der Waals surface area contributed by atoms with E-state index in [1.165, 1.54) is 6.07 Å². The lowest BCUT2D eigenvalue weighted by Crippen LogP contribution is -2.54. The van der Waals surface area contributed by atoms with Gasteiger partial charge in [0, 0.05) is 57.5 Å². The molecule has 1 saturated heterocycles. The Morgan fingerprint density at radius 2 is 1.88 bits per heavy atom. The topological polar surface area (TPSA) is 80.1 Å². The number of anilines is 2. The van der Waals surface area contributed by atoms with Gasteiger partial charge < -0.3 is 29.4 Å². The number of fused-ring (bicyclic) bond motifs is 2. The fourth-order valence-electron chi connectivity index (χ4n) is 4.66. The van der Waals surface area contributed by atoms with Crippen LogP contribution in [0.5, 0.6) is 11.5 Å². The number of ether oxygens (including phenoxy) is 2. The first kappa shape index (κ1) is 21.5. The molecule has 2 aliphatic rings. The standard InChI is InChI=1S/C24H28FN5O3/c1-13-9-29(10-14(2)26-13)19-7-6-17(20-21(19)33-24(4,5)32-20)23(31)28-16-8-18(25)22-27-15(3)11-30(22)12-16/h6-8,11-14,26H,9-10H2,1-5H3,(H,28,31)/t13-,14+. The van der Waals surface area contributed by atoms with E-state index in [0.29, 0.717) is 40.5 Å². The quantitative estimate of drug-likeness (QED) is 0.629. The van der Waals surface area contributed by atoms with Crippen molar-refractivity contribution in [3.05, 3.63) is 47.7 Å². The number of halogens is 1. The Bertz CT molecular complexity index is 1240. The minimum atomic E-state index is -0.905. The first-order valence-electron chi connectivity index (χ1n) is 11.1. The number of rotatable bonds is 3. The predicted molar refractivity (Wildman–Crippen MR) is 124 cm³/mol. The molecule has 2 aromatic heterocycles. The van der Waals surface area contributed by atoms with E-state index in [9.17, 15) is 9.18 Å². The highest BCUT2D eigenvalue weighted by Gasteiger charge is 2.39. The lowest BCUT2D eigenvalue weighted by molar-refractivity contribution is -0.0431. The van der Waals surface area contributed by atoms with Crippen molar-refractivity contribution in [2.45, 2.75) is 52.5 Å². The average molecular weight is 454 g/mol. The molecule has 33 heavy (non-hydrogen) atoms. The van der Waals surface area contributed by atoms with Crippen LogP contribution in [0.15, 0.2) is 30.6 Å². The monoisotopic (exact) mass is 453 g/mol. The smallest absolute Gasteiger partial charge is 0.259 e. The fraction of sp³-hybridized carbons (Fsp3) is 0.417. The van der Waals surface area contributed by atoms with E-state index < -0.39 is 17.5 Å². The largest absolute Gasteiger partial charge is 0.448 e. The number of hydrogen-bond donors (Lipinski definition) is 2. The van der Waals surface area contributed by atoms with Gasteiger partial charge in [0.1, 0.15) is 0 Å². The number of nitrogens with zero attached hydrogens (tertiary/aromatic N) is 3. The maximum absolute atomic E-state index is 14.5. The van der Waals surface area contributed by atoms with Gasteiger partial charge in [0.05, 0.1) is 22.6 Å². The lowest BCUT2D eigenvalue weighted by Gasteiger charge is -2.38. The van der Waals surface area contributed by atoms with Crippen molar-refractivity contribution in [2.24, 2.45) is 0 Å². The molecule has 5 rings (SSSR count). The maximum atomic E-state index is 14.5.